The highest BCUT2D eigenvalue weighted by molar-refractivity contribution is 5.98. The molecular formula is C18H18F3N3O4. The maximum atomic E-state index is 13.4. The number of alkyl halides is 3. The van der Waals surface area contributed by atoms with Crippen LogP contribution in [0.15, 0.2) is 30.3 Å². The monoisotopic (exact) mass is 397 g/mol. The van der Waals surface area contributed by atoms with Crippen molar-refractivity contribution in [2.45, 2.75) is 20.0 Å². The van der Waals surface area contributed by atoms with Crippen molar-refractivity contribution < 1.29 is 32.2 Å². The van der Waals surface area contributed by atoms with E-state index >= 15 is 0 Å². The molecule has 1 aromatic carbocycles. The zero-order valence-corrected chi connectivity index (χ0v) is 15.3. The molecule has 0 atom stereocenters. The van der Waals surface area contributed by atoms with Crippen LogP contribution < -0.4 is 15.6 Å². The first-order valence-electron chi connectivity index (χ1n) is 8.13. The minimum Gasteiger partial charge on any atom is -0.497 e. The average Bonchev–Trinajstić information content (AvgIpc) is 2.65. The molecule has 0 aliphatic rings. The number of carbonyl (C=O) groups excluding carboxylic acids is 2. The van der Waals surface area contributed by atoms with Gasteiger partial charge in [-0.05, 0) is 44.2 Å². The zero-order valence-electron chi connectivity index (χ0n) is 15.3. The van der Waals surface area contributed by atoms with E-state index < -0.39 is 35.0 Å². The summed E-state index contributed by atoms with van der Waals surface area (Å²) in [7, 11) is 1.47. The Morgan fingerprint density at radius 1 is 1.18 bits per heavy atom. The summed E-state index contributed by atoms with van der Waals surface area (Å²) >= 11 is 0. The van der Waals surface area contributed by atoms with Crippen molar-refractivity contribution in [2.75, 3.05) is 19.1 Å². The quantitative estimate of drug-likeness (QED) is 0.574. The Hall–Kier alpha value is -3.30. The molecule has 0 aliphatic heterocycles. The third kappa shape index (κ3) is 4.90. The smallest absolute Gasteiger partial charge is 0.417 e. The van der Waals surface area contributed by atoms with Crippen LogP contribution in [0.3, 0.4) is 0 Å². The van der Waals surface area contributed by atoms with E-state index in [1.54, 1.807) is 12.1 Å². The first kappa shape index (κ1) is 21.0. The number of benzene rings is 1. The summed E-state index contributed by atoms with van der Waals surface area (Å²) in [5.41, 5.74) is 2.72. The summed E-state index contributed by atoms with van der Waals surface area (Å²) in [6.45, 7) is 2.67. The molecular weight excluding hydrogens is 379 g/mol. The van der Waals surface area contributed by atoms with Crippen LogP contribution in [0.1, 0.15) is 38.9 Å². The number of ether oxygens (including phenoxy) is 2. The summed E-state index contributed by atoms with van der Waals surface area (Å²) in [6, 6.07) is 6.76. The van der Waals surface area contributed by atoms with Gasteiger partial charge in [0.15, 0.2) is 5.82 Å². The molecule has 0 saturated heterocycles. The number of hydrazine groups is 1. The van der Waals surface area contributed by atoms with Gasteiger partial charge >= 0.3 is 12.1 Å². The molecule has 7 nitrogen and oxygen atoms in total. The van der Waals surface area contributed by atoms with Crippen LogP contribution in [0, 0.1) is 6.92 Å². The lowest BCUT2D eigenvalue weighted by atomic mass is 10.1. The predicted molar refractivity (Wildman–Crippen MR) is 94.0 cm³/mol. The summed E-state index contributed by atoms with van der Waals surface area (Å²) in [6.07, 6.45) is -4.81. The third-order valence-corrected chi connectivity index (χ3v) is 3.58. The van der Waals surface area contributed by atoms with Gasteiger partial charge in [-0.1, -0.05) is 0 Å². The van der Waals surface area contributed by atoms with E-state index in [-0.39, 0.29) is 17.9 Å². The number of rotatable bonds is 6. The van der Waals surface area contributed by atoms with E-state index in [9.17, 15) is 22.8 Å². The Morgan fingerprint density at radius 3 is 2.36 bits per heavy atom. The lowest BCUT2D eigenvalue weighted by molar-refractivity contribution is -0.138. The number of aromatic nitrogens is 1. The maximum absolute atomic E-state index is 13.4. The predicted octanol–water partition coefficient (Wildman–Crippen LogP) is 3.35. The average molecular weight is 397 g/mol. The molecule has 0 spiro atoms. The molecule has 0 radical (unpaired) electrons. The second-order valence-corrected chi connectivity index (χ2v) is 5.56. The molecule has 1 amide bonds. The molecule has 2 N–H and O–H groups in total. The number of methoxy groups -OCH3 is 1. The van der Waals surface area contributed by atoms with E-state index in [4.69, 9.17) is 9.47 Å². The number of anilines is 1. The standard InChI is InChI=1S/C18H18F3N3O4/c1-4-28-17(26)14-13(18(19,20)21)9-10(2)22-15(14)23-24-16(25)11-5-7-12(27-3)8-6-11/h5-9H,4H2,1-3H3,(H,22,23)(H,24,25). The SMILES string of the molecule is CCOC(=O)c1c(C(F)(F)F)cc(C)nc1NNC(=O)c1ccc(OC)cc1. The second-order valence-electron chi connectivity index (χ2n) is 5.56. The first-order valence-corrected chi connectivity index (χ1v) is 8.13. The lowest BCUT2D eigenvalue weighted by Crippen LogP contribution is -2.32. The van der Waals surface area contributed by atoms with Gasteiger partial charge in [0.25, 0.3) is 5.91 Å². The summed E-state index contributed by atoms with van der Waals surface area (Å²) in [5.74, 6) is -1.78. The molecule has 1 aromatic heterocycles. The minimum atomic E-state index is -4.81. The van der Waals surface area contributed by atoms with Crippen molar-refractivity contribution in [1.29, 1.82) is 0 Å². The topological polar surface area (TPSA) is 89.5 Å². The van der Waals surface area contributed by atoms with E-state index in [0.29, 0.717) is 5.75 Å². The summed E-state index contributed by atoms with van der Waals surface area (Å²) in [4.78, 5) is 28.2. The maximum Gasteiger partial charge on any atom is 0.417 e. The van der Waals surface area contributed by atoms with Crippen LogP contribution in [0.4, 0.5) is 19.0 Å². The molecule has 10 heteroatoms. The molecule has 2 rings (SSSR count). The van der Waals surface area contributed by atoms with Crippen molar-refractivity contribution in [3.63, 3.8) is 0 Å². The van der Waals surface area contributed by atoms with Crippen molar-refractivity contribution in [1.82, 2.24) is 10.4 Å². The third-order valence-electron chi connectivity index (χ3n) is 3.58. The normalized spacial score (nSPS) is 10.9. The number of halogens is 3. The van der Waals surface area contributed by atoms with E-state index in [1.807, 2.05) is 0 Å². The number of esters is 1. The van der Waals surface area contributed by atoms with Gasteiger partial charge in [0.05, 0.1) is 19.3 Å². The molecule has 0 unspecified atom stereocenters. The zero-order chi connectivity index (χ0) is 20.9. The van der Waals surface area contributed by atoms with Gasteiger partial charge in [-0.15, -0.1) is 0 Å². The molecule has 150 valence electrons. The molecule has 0 fully saturated rings. The first-order chi connectivity index (χ1) is 13.2. The highest BCUT2D eigenvalue weighted by Gasteiger charge is 2.38. The molecule has 0 saturated carbocycles. The Balaban J connectivity index is 2.34. The fraction of sp³-hybridized carbons (Fsp3) is 0.278. The summed E-state index contributed by atoms with van der Waals surface area (Å²) < 4.78 is 49.8. The van der Waals surface area contributed by atoms with Crippen molar-refractivity contribution in [2.24, 2.45) is 0 Å². The molecule has 1 heterocycles. The largest absolute Gasteiger partial charge is 0.497 e. The van der Waals surface area contributed by atoms with Gasteiger partial charge in [0.2, 0.25) is 0 Å². The number of pyridine rings is 1. The summed E-state index contributed by atoms with van der Waals surface area (Å²) in [5, 5.41) is 0. The molecule has 0 bridgehead atoms. The second kappa shape index (κ2) is 8.59. The van der Waals surface area contributed by atoms with E-state index in [1.165, 1.54) is 33.1 Å². The van der Waals surface area contributed by atoms with Crippen molar-refractivity contribution in [3.8, 4) is 5.75 Å². The van der Waals surface area contributed by atoms with Crippen LogP contribution in [-0.4, -0.2) is 30.6 Å². The fourth-order valence-corrected chi connectivity index (χ4v) is 2.33. The Morgan fingerprint density at radius 2 is 1.82 bits per heavy atom. The van der Waals surface area contributed by atoms with Gasteiger partial charge in [0.1, 0.15) is 11.3 Å². The number of amides is 1. The number of hydrogen-bond acceptors (Lipinski definition) is 6. The number of nitrogens with one attached hydrogen (secondary N) is 2. The van der Waals surface area contributed by atoms with Gasteiger partial charge < -0.3 is 9.47 Å². The molecule has 0 aliphatic carbocycles. The van der Waals surface area contributed by atoms with Crippen LogP contribution in [-0.2, 0) is 10.9 Å². The number of aryl methyl sites for hydroxylation is 1. The van der Waals surface area contributed by atoms with Crippen LogP contribution >= 0.6 is 0 Å². The van der Waals surface area contributed by atoms with Crippen molar-refractivity contribution >= 4 is 17.7 Å². The molecule has 2 aromatic rings. The number of nitrogens with zero attached hydrogens (tertiary/aromatic N) is 1. The van der Waals surface area contributed by atoms with Crippen LogP contribution in [0.5, 0.6) is 5.75 Å². The van der Waals surface area contributed by atoms with E-state index in [0.717, 1.165) is 6.07 Å². The Kier molecular flexibility index (Phi) is 6.45. The van der Waals surface area contributed by atoms with Gasteiger partial charge in [-0.3, -0.25) is 15.6 Å². The van der Waals surface area contributed by atoms with Gasteiger partial charge in [0, 0.05) is 11.3 Å². The highest BCUT2D eigenvalue weighted by atomic mass is 19.4. The highest BCUT2D eigenvalue weighted by Crippen LogP contribution is 2.35. The van der Waals surface area contributed by atoms with Crippen molar-refractivity contribution in [3.05, 3.63) is 52.7 Å². The lowest BCUT2D eigenvalue weighted by Gasteiger charge is -2.17. The minimum absolute atomic E-state index is 0.00145. The Labute approximate surface area is 158 Å². The Bertz CT molecular complexity index is 868. The van der Waals surface area contributed by atoms with Crippen LogP contribution in [0.25, 0.3) is 0 Å². The fourth-order valence-electron chi connectivity index (χ4n) is 2.33. The van der Waals surface area contributed by atoms with Gasteiger partial charge in [-0.25, -0.2) is 9.78 Å². The van der Waals surface area contributed by atoms with E-state index in [2.05, 4.69) is 15.8 Å². The number of hydrogen-bond donors (Lipinski definition) is 2. The number of carbonyl (C=O) groups is 2. The van der Waals surface area contributed by atoms with Crippen LogP contribution in [0.2, 0.25) is 0 Å². The van der Waals surface area contributed by atoms with Gasteiger partial charge in [-0.2, -0.15) is 13.2 Å². The molecule has 28 heavy (non-hydrogen) atoms.